The lowest BCUT2D eigenvalue weighted by Crippen LogP contribution is -1.98. The Hall–Kier alpha value is -2.11. The summed E-state index contributed by atoms with van der Waals surface area (Å²) in [6.45, 7) is 0. The predicted octanol–water partition coefficient (Wildman–Crippen LogP) is 3.15. The van der Waals surface area contributed by atoms with Crippen molar-refractivity contribution in [2.45, 2.75) is 12.8 Å². The molecule has 6 heteroatoms. The highest BCUT2D eigenvalue weighted by atomic mass is 19.3. The quantitative estimate of drug-likeness (QED) is 0.854. The van der Waals surface area contributed by atoms with E-state index in [1.807, 2.05) is 0 Å². The average Bonchev–Trinajstić information content (AvgIpc) is 2.41. The van der Waals surface area contributed by atoms with Crippen molar-refractivity contribution >= 4 is 0 Å². The highest BCUT2D eigenvalue weighted by Gasteiger charge is 2.14. The van der Waals surface area contributed by atoms with Gasteiger partial charge in [-0.3, -0.25) is 0 Å². The number of hydrogen-bond donors (Lipinski definition) is 0. The molecule has 0 aliphatic heterocycles. The normalized spacial score (nSPS) is 10.8. The SMILES string of the molecule is COc1cc(Cc2ccc(F)c(C(F)F)c2)ncn1. The van der Waals surface area contributed by atoms with Crippen LogP contribution in [-0.2, 0) is 6.42 Å². The van der Waals surface area contributed by atoms with Gasteiger partial charge in [-0.2, -0.15) is 0 Å². The van der Waals surface area contributed by atoms with Gasteiger partial charge in [0.05, 0.1) is 18.4 Å². The highest BCUT2D eigenvalue weighted by Crippen LogP contribution is 2.24. The van der Waals surface area contributed by atoms with Crippen LogP contribution in [0.15, 0.2) is 30.6 Å². The Balaban J connectivity index is 2.25. The van der Waals surface area contributed by atoms with Crippen molar-refractivity contribution in [3.63, 3.8) is 0 Å². The third-order valence-electron chi connectivity index (χ3n) is 2.59. The number of ether oxygens (including phenoxy) is 1. The summed E-state index contributed by atoms with van der Waals surface area (Å²) < 4.78 is 43.3. The number of nitrogens with zero attached hydrogens (tertiary/aromatic N) is 2. The fourth-order valence-electron chi connectivity index (χ4n) is 1.66. The molecule has 3 nitrogen and oxygen atoms in total. The second-order valence-electron chi connectivity index (χ2n) is 3.89. The monoisotopic (exact) mass is 268 g/mol. The molecule has 1 aromatic carbocycles. The first-order valence-corrected chi connectivity index (χ1v) is 5.51. The summed E-state index contributed by atoms with van der Waals surface area (Å²) in [5, 5.41) is 0. The fourth-order valence-corrected chi connectivity index (χ4v) is 1.66. The molecule has 19 heavy (non-hydrogen) atoms. The first-order valence-electron chi connectivity index (χ1n) is 5.51. The first kappa shape index (κ1) is 13.3. The predicted molar refractivity (Wildman–Crippen MR) is 62.7 cm³/mol. The number of alkyl halides is 2. The van der Waals surface area contributed by atoms with Crippen molar-refractivity contribution in [3.05, 3.63) is 53.2 Å². The lowest BCUT2D eigenvalue weighted by molar-refractivity contribution is 0.146. The van der Waals surface area contributed by atoms with E-state index in [0.29, 0.717) is 23.6 Å². The van der Waals surface area contributed by atoms with Gasteiger partial charge < -0.3 is 4.74 Å². The molecule has 0 fully saturated rings. The van der Waals surface area contributed by atoms with Crippen LogP contribution in [0, 0.1) is 5.82 Å². The Morgan fingerprint density at radius 1 is 1.21 bits per heavy atom. The molecule has 0 atom stereocenters. The maximum atomic E-state index is 13.2. The lowest BCUT2D eigenvalue weighted by Gasteiger charge is -2.06. The van der Waals surface area contributed by atoms with E-state index in [9.17, 15) is 13.2 Å². The summed E-state index contributed by atoms with van der Waals surface area (Å²) in [5.41, 5.74) is 0.564. The van der Waals surface area contributed by atoms with Gasteiger partial charge in [-0.25, -0.2) is 23.1 Å². The van der Waals surface area contributed by atoms with Gasteiger partial charge in [-0.05, 0) is 17.7 Å². The van der Waals surface area contributed by atoms with E-state index in [2.05, 4.69) is 9.97 Å². The van der Waals surface area contributed by atoms with Crippen LogP contribution >= 0.6 is 0 Å². The van der Waals surface area contributed by atoms with Gasteiger partial charge in [0.1, 0.15) is 12.1 Å². The van der Waals surface area contributed by atoms with Gasteiger partial charge in [0.15, 0.2) is 0 Å². The van der Waals surface area contributed by atoms with Crippen LogP contribution in [0.2, 0.25) is 0 Å². The lowest BCUT2D eigenvalue weighted by atomic mass is 10.1. The molecule has 0 saturated heterocycles. The number of methoxy groups -OCH3 is 1. The minimum atomic E-state index is -2.83. The van der Waals surface area contributed by atoms with Crippen LogP contribution in [0.3, 0.4) is 0 Å². The Labute approximate surface area is 108 Å². The molecule has 0 saturated carbocycles. The van der Waals surface area contributed by atoms with Crippen molar-refractivity contribution in [2.75, 3.05) is 7.11 Å². The molecule has 0 radical (unpaired) electrons. The van der Waals surface area contributed by atoms with Crippen molar-refractivity contribution in [3.8, 4) is 5.88 Å². The Bertz CT molecular complexity index is 576. The zero-order valence-electron chi connectivity index (χ0n) is 10.1. The molecule has 0 unspecified atom stereocenters. The van der Waals surface area contributed by atoms with Crippen LogP contribution in [0.1, 0.15) is 23.2 Å². The summed E-state index contributed by atoms with van der Waals surface area (Å²) in [7, 11) is 1.47. The van der Waals surface area contributed by atoms with Gasteiger partial charge in [0, 0.05) is 12.5 Å². The van der Waals surface area contributed by atoms with E-state index in [0.717, 1.165) is 12.1 Å². The summed E-state index contributed by atoms with van der Waals surface area (Å²) in [6.07, 6.45) is -1.20. The van der Waals surface area contributed by atoms with Crippen molar-refractivity contribution < 1.29 is 17.9 Å². The van der Waals surface area contributed by atoms with Crippen LogP contribution in [-0.4, -0.2) is 17.1 Å². The number of halogens is 3. The minimum Gasteiger partial charge on any atom is -0.481 e. The molecule has 2 aromatic rings. The standard InChI is InChI=1S/C13H11F3N2O/c1-19-12-6-9(17-7-18-12)4-8-2-3-11(14)10(5-8)13(15)16/h2-3,5-7,13H,4H2,1H3. The van der Waals surface area contributed by atoms with Crippen LogP contribution < -0.4 is 4.74 Å². The third-order valence-corrected chi connectivity index (χ3v) is 2.59. The number of aromatic nitrogens is 2. The van der Waals surface area contributed by atoms with Gasteiger partial charge in [-0.1, -0.05) is 6.07 Å². The molecule has 0 amide bonds. The Kier molecular flexibility index (Phi) is 3.99. The number of rotatable bonds is 4. The molecule has 0 aliphatic rings. The Morgan fingerprint density at radius 3 is 2.68 bits per heavy atom. The van der Waals surface area contributed by atoms with E-state index in [1.165, 1.54) is 19.5 Å². The zero-order chi connectivity index (χ0) is 13.8. The fraction of sp³-hybridized carbons (Fsp3) is 0.231. The average molecular weight is 268 g/mol. The second-order valence-corrected chi connectivity index (χ2v) is 3.89. The summed E-state index contributed by atoms with van der Waals surface area (Å²) in [5.74, 6) is -0.514. The number of benzene rings is 1. The second kappa shape index (κ2) is 5.69. The molecule has 1 aromatic heterocycles. The zero-order valence-corrected chi connectivity index (χ0v) is 10.1. The van der Waals surface area contributed by atoms with Gasteiger partial charge >= 0.3 is 0 Å². The molecule has 0 bridgehead atoms. The summed E-state index contributed by atoms with van der Waals surface area (Å²) >= 11 is 0. The third kappa shape index (κ3) is 3.21. The van der Waals surface area contributed by atoms with Crippen molar-refractivity contribution in [1.82, 2.24) is 9.97 Å². The molecular weight excluding hydrogens is 257 g/mol. The van der Waals surface area contributed by atoms with Crippen LogP contribution in [0.25, 0.3) is 0 Å². The molecule has 2 rings (SSSR count). The topological polar surface area (TPSA) is 35.0 Å². The molecule has 100 valence electrons. The van der Waals surface area contributed by atoms with Gasteiger partial charge in [0.2, 0.25) is 5.88 Å². The maximum absolute atomic E-state index is 13.2. The largest absolute Gasteiger partial charge is 0.481 e. The molecule has 0 spiro atoms. The van der Waals surface area contributed by atoms with E-state index in [-0.39, 0.29) is 0 Å². The maximum Gasteiger partial charge on any atom is 0.266 e. The van der Waals surface area contributed by atoms with Crippen LogP contribution in [0.4, 0.5) is 13.2 Å². The smallest absolute Gasteiger partial charge is 0.266 e. The highest BCUT2D eigenvalue weighted by molar-refractivity contribution is 5.29. The van der Waals surface area contributed by atoms with Crippen LogP contribution in [0.5, 0.6) is 5.88 Å². The molecule has 1 heterocycles. The van der Waals surface area contributed by atoms with Gasteiger partial charge in [-0.15, -0.1) is 0 Å². The van der Waals surface area contributed by atoms with Crippen molar-refractivity contribution in [1.29, 1.82) is 0 Å². The molecular formula is C13H11F3N2O. The minimum absolute atomic E-state index is 0.304. The molecule has 0 N–H and O–H groups in total. The first-order chi connectivity index (χ1) is 9.10. The van der Waals surface area contributed by atoms with E-state index in [4.69, 9.17) is 4.74 Å². The van der Waals surface area contributed by atoms with Gasteiger partial charge in [0.25, 0.3) is 6.43 Å². The Morgan fingerprint density at radius 2 is 2.00 bits per heavy atom. The summed E-state index contributed by atoms with van der Waals surface area (Å²) in [4.78, 5) is 7.85. The van der Waals surface area contributed by atoms with E-state index >= 15 is 0 Å². The van der Waals surface area contributed by atoms with E-state index in [1.54, 1.807) is 6.07 Å². The summed E-state index contributed by atoms with van der Waals surface area (Å²) in [6, 6.07) is 5.24. The number of hydrogen-bond acceptors (Lipinski definition) is 3. The van der Waals surface area contributed by atoms with E-state index < -0.39 is 17.8 Å². The van der Waals surface area contributed by atoms with Crippen molar-refractivity contribution in [2.24, 2.45) is 0 Å². The molecule has 0 aliphatic carbocycles.